The predicted molar refractivity (Wildman–Crippen MR) is 181 cm³/mol. The Morgan fingerprint density at radius 1 is 0.585 bits per heavy atom. The maximum atomic E-state index is 2.73. The molecule has 0 bridgehead atoms. The summed E-state index contributed by atoms with van der Waals surface area (Å²) in [6, 6.07) is 22.1. The average Bonchev–Trinajstić information content (AvgIpc) is 3.43. The van der Waals surface area contributed by atoms with E-state index in [4.69, 9.17) is 0 Å². The molecular weight excluding hydrogens is 588 g/mol. The van der Waals surface area contributed by atoms with E-state index in [9.17, 15) is 0 Å². The van der Waals surface area contributed by atoms with Crippen molar-refractivity contribution in [2.24, 2.45) is 0 Å². The molecule has 0 N–H and O–H groups in total. The Kier molecular flexibility index (Phi) is 9.05. The molecule has 0 spiro atoms. The second-order valence-electron chi connectivity index (χ2n) is 14.1. The van der Waals surface area contributed by atoms with Gasteiger partial charge in [0.05, 0.1) is 0 Å². The van der Waals surface area contributed by atoms with E-state index in [2.05, 4.69) is 143 Å². The zero-order chi connectivity index (χ0) is 29.7. The van der Waals surface area contributed by atoms with Gasteiger partial charge in [0.25, 0.3) is 0 Å². The Morgan fingerprint density at radius 3 is 1.37 bits per heavy atom. The molecular formula is C39H51SiZr. The Hall–Kier alpha value is -1.76. The summed E-state index contributed by atoms with van der Waals surface area (Å²) in [5.74, 6) is 0.951. The van der Waals surface area contributed by atoms with Crippen LogP contribution in [0.2, 0.25) is 6.55 Å². The zero-order valence-electron chi connectivity index (χ0n) is 27.4. The van der Waals surface area contributed by atoms with E-state index in [1.54, 1.807) is 49.7 Å². The second-order valence-corrected chi connectivity index (χ2v) is 31.9. The van der Waals surface area contributed by atoms with Crippen molar-refractivity contribution in [3.05, 3.63) is 110 Å². The van der Waals surface area contributed by atoms with Gasteiger partial charge < -0.3 is 0 Å². The third-order valence-electron chi connectivity index (χ3n) is 9.85. The van der Waals surface area contributed by atoms with Gasteiger partial charge in [0, 0.05) is 0 Å². The van der Waals surface area contributed by atoms with E-state index in [1.807, 2.05) is 0 Å². The summed E-state index contributed by atoms with van der Waals surface area (Å²) in [6.45, 7) is 26.7. The van der Waals surface area contributed by atoms with E-state index < -0.39 is 26.8 Å². The van der Waals surface area contributed by atoms with Gasteiger partial charge in [-0.25, -0.2) is 0 Å². The Balaban J connectivity index is 1.77. The van der Waals surface area contributed by atoms with Gasteiger partial charge in [-0.3, -0.25) is 0 Å². The number of hydrogen-bond acceptors (Lipinski definition) is 0. The van der Waals surface area contributed by atoms with Gasteiger partial charge >= 0.3 is 261 Å². The molecule has 3 unspecified atom stereocenters. The van der Waals surface area contributed by atoms with Crippen LogP contribution >= 0.6 is 0 Å². The van der Waals surface area contributed by atoms with Crippen LogP contribution in [0.3, 0.4) is 0 Å². The summed E-state index contributed by atoms with van der Waals surface area (Å²) in [6.07, 6.45) is 5.23. The molecule has 0 fully saturated rings. The Morgan fingerprint density at radius 2 is 1.00 bits per heavy atom. The Labute approximate surface area is 259 Å². The standard InChI is InChI=1S/2C16H21.C7H9Si.Zr/c2*1-10(2)13-8-14-6-12(5)7-16(14)15(9-13)11(3)4;1-8-7-5-3-2-4-6-7;/h2*6-11H,1-5H3;2-6,8H,1H3;. The molecule has 41 heavy (non-hydrogen) atoms. The molecule has 2 heteroatoms. The molecule has 3 atom stereocenters. The maximum absolute atomic E-state index is 2.73. The minimum absolute atomic E-state index is 0.539. The van der Waals surface area contributed by atoms with Gasteiger partial charge in [0.2, 0.25) is 0 Å². The summed E-state index contributed by atoms with van der Waals surface area (Å²) in [4.78, 5) is 0. The fraction of sp³-hybridized carbons (Fsp3) is 0.436. The third kappa shape index (κ3) is 5.65. The van der Waals surface area contributed by atoms with Gasteiger partial charge in [-0.1, -0.05) is 0 Å². The van der Waals surface area contributed by atoms with Crippen LogP contribution in [0.5, 0.6) is 0 Å². The normalized spacial score (nSPS) is 18.7. The molecule has 2 aliphatic rings. The van der Waals surface area contributed by atoms with Gasteiger partial charge in [-0.05, 0) is 0 Å². The van der Waals surface area contributed by atoms with Crippen molar-refractivity contribution in [1.29, 1.82) is 0 Å². The SMILES string of the molecule is CC1=Cc2c(C(C)C)cc(C(C)C)cc2[CH]1[Zr]([CH]1C(C)=Cc2c(C(C)C)cc(C(C)C)cc21)[SiH](C)c1ccccc1. The van der Waals surface area contributed by atoms with Crippen molar-refractivity contribution in [3.8, 4) is 0 Å². The topological polar surface area (TPSA) is 0 Å². The van der Waals surface area contributed by atoms with Crippen LogP contribution in [-0.4, -0.2) is 5.92 Å². The minimum atomic E-state index is -2.30. The predicted octanol–water partition coefficient (Wildman–Crippen LogP) is 10.7. The van der Waals surface area contributed by atoms with Gasteiger partial charge in [-0.15, -0.1) is 0 Å². The molecule has 215 valence electrons. The van der Waals surface area contributed by atoms with Crippen molar-refractivity contribution in [2.45, 2.75) is 107 Å². The van der Waals surface area contributed by atoms with Crippen LogP contribution in [0, 0.1) is 0 Å². The van der Waals surface area contributed by atoms with E-state index in [0.29, 0.717) is 30.9 Å². The van der Waals surface area contributed by atoms with Crippen molar-refractivity contribution in [1.82, 2.24) is 0 Å². The molecule has 3 aromatic rings. The number of fused-ring (bicyclic) bond motifs is 2. The molecule has 0 saturated carbocycles. The molecule has 0 saturated heterocycles. The molecule has 0 aromatic heterocycles. The quantitative estimate of drug-likeness (QED) is 0.215. The van der Waals surface area contributed by atoms with Crippen LogP contribution in [0.4, 0.5) is 0 Å². The summed E-state index contributed by atoms with van der Waals surface area (Å²) in [5, 5.41) is 1.68. The van der Waals surface area contributed by atoms with Crippen molar-refractivity contribution in [3.63, 3.8) is 0 Å². The van der Waals surface area contributed by atoms with E-state index in [1.165, 1.54) is 11.1 Å². The van der Waals surface area contributed by atoms with Crippen molar-refractivity contribution in [2.75, 3.05) is 0 Å². The molecule has 0 heterocycles. The van der Waals surface area contributed by atoms with E-state index in [0.717, 1.165) is 0 Å². The number of rotatable bonds is 8. The molecule has 2 aliphatic carbocycles. The monoisotopic (exact) mass is 637 g/mol. The number of hydrogen-bond donors (Lipinski definition) is 0. The van der Waals surface area contributed by atoms with Crippen LogP contribution in [0.25, 0.3) is 12.2 Å². The first-order valence-corrected chi connectivity index (χ1v) is 25.4. The average molecular weight is 639 g/mol. The molecule has 0 aliphatic heterocycles. The molecule has 5 rings (SSSR count). The Bertz CT molecular complexity index is 1400. The first-order chi connectivity index (χ1) is 19.4. The van der Waals surface area contributed by atoms with Crippen LogP contribution in [-0.2, 0) is 20.9 Å². The fourth-order valence-electron chi connectivity index (χ4n) is 7.48. The third-order valence-corrected chi connectivity index (χ3v) is 33.1. The zero-order valence-corrected chi connectivity index (χ0v) is 31.0. The summed E-state index contributed by atoms with van der Waals surface area (Å²) in [5.41, 5.74) is 16.0. The molecule has 3 aromatic carbocycles. The molecule has 0 amide bonds. The summed E-state index contributed by atoms with van der Waals surface area (Å²) < 4.78 is 1.30. The summed E-state index contributed by atoms with van der Waals surface area (Å²) >= 11 is -2.30. The van der Waals surface area contributed by atoms with Gasteiger partial charge in [-0.2, -0.15) is 0 Å². The molecule has 0 nitrogen and oxygen atoms in total. The fourth-order valence-corrected chi connectivity index (χ4v) is 33.3. The first kappa shape index (κ1) is 30.7. The molecule has 0 radical (unpaired) electrons. The van der Waals surface area contributed by atoms with Crippen LogP contribution < -0.4 is 5.19 Å². The van der Waals surface area contributed by atoms with Gasteiger partial charge in [0.1, 0.15) is 0 Å². The number of benzene rings is 3. The van der Waals surface area contributed by atoms with Crippen LogP contribution in [0.15, 0.2) is 65.7 Å². The van der Waals surface area contributed by atoms with Crippen molar-refractivity contribution < 1.29 is 20.9 Å². The summed E-state index contributed by atoms with van der Waals surface area (Å²) in [7, 11) is 0. The van der Waals surface area contributed by atoms with E-state index in [-0.39, 0.29) is 0 Å². The van der Waals surface area contributed by atoms with Crippen molar-refractivity contribution >= 4 is 23.3 Å². The second kappa shape index (κ2) is 12.1. The van der Waals surface area contributed by atoms with Crippen LogP contribution in [0.1, 0.15) is 145 Å². The van der Waals surface area contributed by atoms with Gasteiger partial charge in [0.15, 0.2) is 0 Å². The van der Waals surface area contributed by atoms with E-state index >= 15 is 0 Å². The first-order valence-electron chi connectivity index (χ1n) is 16.0. The number of allylic oxidation sites excluding steroid dienone is 2.